The molecule has 104 valence electrons. The molecule has 0 saturated heterocycles. The standard InChI is InChI=1S/C14H14N2O4/c1-8(14(19)20)16(2)13(18)11-7-9-5-3-4-6-10(9)12(17)15-11/h3-8H,1-2H3,(H,15,17)(H,19,20). The number of carboxylic acids is 1. The van der Waals surface area contributed by atoms with Crippen LogP contribution in [0.3, 0.4) is 0 Å². The number of amides is 1. The Balaban J connectivity index is 2.45. The zero-order chi connectivity index (χ0) is 14.9. The highest BCUT2D eigenvalue weighted by molar-refractivity contribution is 5.97. The smallest absolute Gasteiger partial charge is 0.326 e. The van der Waals surface area contributed by atoms with Gasteiger partial charge in [-0.1, -0.05) is 18.2 Å². The van der Waals surface area contributed by atoms with Crippen LogP contribution in [0.25, 0.3) is 10.8 Å². The van der Waals surface area contributed by atoms with Crippen molar-refractivity contribution in [3.8, 4) is 0 Å². The normalized spacial score (nSPS) is 12.1. The minimum atomic E-state index is -1.11. The van der Waals surface area contributed by atoms with Crippen LogP contribution in [0.15, 0.2) is 35.1 Å². The monoisotopic (exact) mass is 274 g/mol. The van der Waals surface area contributed by atoms with Gasteiger partial charge in [-0.2, -0.15) is 0 Å². The largest absolute Gasteiger partial charge is 0.480 e. The maximum Gasteiger partial charge on any atom is 0.326 e. The minimum Gasteiger partial charge on any atom is -0.480 e. The summed E-state index contributed by atoms with van der Waals surface area (Å²) in [6.45, 7) is 1.40. The first-order valence-corrected chi connectivity index (χ1v) is 6.04. The van der Waals surface area contributed by atoms with E-state index >= 15 is 0 Å². The van der Waals surface area contributed by atoms with Gasteiger partial charge in [-0.05, 0) is 24.4 Å². The molecule has 20 heavy (non-hydrogen) atoms. The molecule has 1 unspecified atom stereocenters. The van der Waals surface area contributed by atoms with Crippen LogP contribution in [0, 0.1) is 0 Å². The van der Waals surface area contributed by atoms with Crippen LogP contribution >= 0.6 is 0 Å². The average Bonchev–Trinajstić information content (AvgIpc) is 2.44. The van der Waals surface area contributed by atoms with Gasteiger partial charge in [0.1, 0.15) is 11.7 Å². The van der Waals surface area contributed by atoms with E-state index in [2.05, 4.69) is 4.98 Å². The third kappa shape index (κ3) is 2.40. The first-order valence-electron chi connectivity index (χ1n) is 6.04. The molecule has 6 heteroatoms. The van der Waals surface area contributed by atoms with Crippen LogP contribution in [0.4, 0.5) is 0 Å². The van der Waals surface area contributed by atoms with Gasteiger partial charge in [0.05, 0.1) is 0 Å². The summed E-state index contributed by atoms with van der Waals surface area (Å²) in [4.78, 5) is 38.5. The Bertz CT molecular complexity index is 735. The number of likely N-dealkylation sites (N-methyl/N-ethyl adjacent to an activating group) is 1. The van der Waals surface area contributed by atoms with Crippen LogP contribution in [0.2, 0.25) is 0 Å². The number of H-pyrrole nitrogens is 1. The van der Waals surface area contributed by atoms with Crippen molar-refractivity contribution >= 4 is 22.6 Å². The molecule has 0 spiro atoms. The number of nitrogens with zero attached hydrogens (tertiary/aromatic N) is 1. The highest BCUT2D eigenvalue weighted by atomic mass is 16.4. The second kappa shape index (κ2) is 5.16. The lowest BCUT2D eigenvalue weighted by atomic mass is 10.1. The van der Waals surface area contributed by atoms with Gasteiger partial charge in [0.25, 0.3) is 11.5 Å². The molecule has 2 aromatic rings. The molecule has 1 aromatic carbocycles. The van der Waals surface area contributed by atoms with E-state index in [0.717, 1.165) is 4.90 Å². The van der Waals surface area contributed by atoms with Gasteiger partial charge >= 0.3 is 5.97 Å². The van der Waals surface area contributed by atoms with E-state index in [1.807, 2.05) is 0 Å². The summed E-state index contributed by atoms with van der Waals surface area (Å²) in [7, 11) is 1.38. The van der Waals surface area contributed by atoms with Crippen LogP contribution in [0.5, 0.6) is 0 Å². The minimum absolute atomic E-state index is 0.0734. The Hall–Kier alpha value is -2.63. The fourth-order valence-electron chi connectivity index (χ4n) is 1.86. The van der Waals surface area contributed by atoms with E-state index < -0.39 is 17.9 Å². The first kappa shape index (κ1) is 13.8. The first-order chi connectivity index (χ1) is 9.41. The van der Waals surface area contributed by atoms with E-state index in [4.69, 9.17) is 5.11 Å². The Labute approximate surface area is 114 Å². The van der Waals surface area contributed by atoms with Crippen molar-refractivity contribution in [2.75, 3.05) is 7.05 Å². The Morgan fingerprint density at radius 2 is 1.95 bits per heavy atom. The molecule has 6 nitrogen and oxygen atoms in total. The predicted octanol–water partition coefficient (Wildman–Crippen LogP) is 1.07. The molecular weight excluding hydrogens is 260 g/mol. The lowest BCUT2D eigenvalue weighted by molar-refractivity contribution is -0.141. The summed E-state index contributed by atoms with van der Waals surface area (Å²) in [5, 5.41) is 10.0. The van der Waals surface area contributed by atoms with Gasteiger partial charge in [0, 0.05) is 12.4 Å². The number of fused-ring (bicyclic) bond motifs is 1. The molecule has 0 aliphatic carbocycles. The van der Waals surface area contributed by atoms with Crippen LogP contribution in [0.1, 0.15) is 17.4 Å². The molecule has 0 radical (unpaired) electrons. The zero-order valence-electron chi connectivity index (χ0n) is 11.1. The average molecular weight is 274 g/mol. The number of aromatic amines is 1. The number of benzene rings is 1. The van der Waals surface area contributed by atoms with E-state index in [1.54, 1.807) is 30.3 Å². The van der Waals surface area contributed by atoms with Crippen molar-refractivity contribution in [3.63, 3.8) is 0 Å². The van der Waals surface area contributed by atoms with Gasteiger partial charge in [-0.3, -0.25) is 9.59 Å². The molecule has 1 heterocycles. The van der Waals surface area contributed by atoms with Crippen molar-refractivity contribution < 1.29 is 14.7 Å². The molecule has 0 aliphatic heterocycles. The number of hydrogen-bond acceptors (Lipinski definition) is 3. The maximum absolute atomic E-state index is 12.2. The highest BCUT2D eigenvalue weighted by Gasteiger charge is 2.23. The van der Waals surface area contributed by atoms with Crippen molar-refractivity contribution in [1.82, 2.24) is 9.88 Å². The second-order valence-electron chi connectivity index (χ2n) is 4.53. The number of hydrogen-bond donors (Lipinski definition) is 2. The van der Waals surface area contributed by atoms with E-state index in [1.165, 1.54) is 14.0 Å². The molecule has 0 fully saturated rings. The number of rotatable bonds is 3. The summed E-state index contributed by atoms with van der Waals surface area (Å²) in [5.41, 5.74) is -0.299. The molecular formula is C14H14N2O4. The van der Waals surface area contributed by atoms with E-state index in [-0.39, 0.29) is 11.3 Å². The van der Waals surface area contributed by atoms with Gasteiger partial charge in [-0.25, -0.2) is 4.79 Å². The van der Waals surface area contributed by atoms with Gasteiger partial charge in [0.2, 0.25) is 0 Å². The fourth-order valence-corrected chi connectivity index (χ4v) is 1.86. The molecule has 2 rings (SSSR count). The zero-order valence-corrected chi connectivity index (χ0v) is 11.1. The van der Waals surface area contributed by atoms with E-state index in [0.29, 0.717) is 10.8 Å². The lowest BCUT2D eigenvalue weighted by Crippen LogP contribution is -2.41. The summed E-state index contributed by atoms with van der Waals surface area (Å²) in [6.07, 6.45) is 0. The maximum atomic E-state index is 12.2. The van der Waals surface area contributed by atoms with Gasteiger partial charge in [-0.15, -0.1) is 0 Å². The topological polar surface area (TPSA) is 90.5 Å². The predicted molar refractivity (Wildman–Crippen MR) is 73.8 cm³/mol. The number of carboxylic acid groups (broad SMARTS) is 1. The van der Waals surface area contributed by atoms with Crippen molar-refractivity contribution in [2.24, 2.45) is 0 Å². The van der Waals surface area contributed by atoms with Crippen LogP contribution in [-0.2, 0) is 4.79 Å². The Morgan fingerprint density at radius 3 is 2.60 bits per heavy atom. The molecule has 2 N–H and O–H groups in total. The quantitative estimate of drug-likeness (QED) is 0.876. The summed E-state index contributed by atoms with van der Waals surface area (Å²) in [5.74, 6) is -1.65. The Kier molecular flexibility index (Phi) is 3.56. The fraction of sp³-hybridized carbons (Fsp3) is 0.214. The molecule has 0 aliphatic rings. The van der Waals surface area contributed by atoms with Crippen LogP contribution in [-0.4, -0.2) is 40.0 Å². The second-order valence-corrected chi connectivity index (χ2v) is 4.53. The number of carbonyl (C=O) groups excluding carboxylic acids is 1. The van der Waals surface area contributed by atoms with Gasteiger partial charge < -0.3 is 15.0 Å². The Morgan fingerprint density at radius 1 is 1.30 bits per heavy atom. The number of aromatic nitrogens is 1. The molecule has 0 saturated carbocycles. The number of pyridine rings is 1. The molecule has 1 aromatic heterocycles. The molecule has 1 amide bonds. The SMILES string of the molecule is CC(C(=O)O)N(C)C(=O)c1cc2ccccc2c(=O)[nH]1. The number of aliphatic carboxylic acids is 1. The molecule has 1 atom stereocenters. The molecule has 0 bridgehead atoms. The summed E-state index contributed by atoms with van der Waals surface area (Å²) in [6, 6.07) is 7.45. The number of carbonyl (C=O) groups is 2. The van der Waals surface area contributed by atoms with Crippen molar-refractivity contribution in [1.29, 1.82) is 0 Å². The number of nitrogens with one attached hydrogen (secondary N) is 1. The summed E-state index contributed by atoms with van der Waals surface area (Å²) < 4.78 is 0. The van der Waals surface area contributed by atoms with Crippen molar-refractivity contribution in [2.45, 2.75) is 13.0 Å². The third-order valence-corrected chi connectivity index (χ3v) is 3.24. The van der Waals surface area contributed by atoms with Crippen molar-refractivity contribution in [3.05, 3.63) is 46.4 Å². The lowest BCUT2D eigenvalue weighted by Gasteiger charge is -2.21. The van der Waals surface area contributed by atoms with Crippen LogP contribution < -0.4 is 5.56 Å². The summed E-state index contributed by atoms with van der Waals surface area (Å²) >= 11 is 0. The van der Waals surface area contributed by atoms with Gasteiger partial charge in [0.15, 0.2) is 0 Å². The third-order valence-electron chi connectivity index (χ3n) is 3.24. The highest BCUT2D eigenvalue weighted by Crippen LogP contribution is 2.12. The van der Waals surface area contributed by atoms with E-state index in [9.17, 15) is 14.4 Å².